The molecule has 0 aliphatic heterocycles. The Morgan fingerprint density at radius 1 is 0.469 bits per heavy atom. The second kappa shape index (κ2) is 12.9. The topological polar surface area (TPSA) is 114 Å². The number of aryl methyl sites for hydroxylation is 2. The molecule has 6 aromatic carbocycles. The Balaban J connectivity index is 1.26. The number of carbonyl (C=O) groups is 2. The van der Waals surface area contributed by atoms with Crippen molar-refractivity contribution in [2.24, 2.45) is 0 Å². The molecule has 0 unspecified atom stereocenters. The van der Waals surface area contributed by atoms with Crippen molar-refractivity contribution in [2.45, 2.75) is 13.8 Å². The first-order valence-electron chi connectivity index (χ1n) is 15.7. The Hall–Kier alpha value is -6.60. The van der Waals surface area contributed by atoms with Crippen LogP contribution in [0.2, 0.25) is 0 Å². The van der Waals surface area contributed by atoms with Gasteiger partial charge in [-0.25, -0.2) is 9.59 Å². The summed E-state index contributed by atoms with van der Waals surface area (Å²) in [6.07, 6.45) is 0. The zero-order chi connectivity index (χ0) is 34.1. The van der Waals surface area contributed by atoms with Gasteiger partial charge in [0.15, 0.2) is 0 Å². The van der Waals surface area contributed by atoms with Crippen LogP contribution in [0.15, 0.2) is 138 Å². The summed E-state index contributed by atoms with van der Waals surface area (Å²) in [6.45, 7) is 4.07. The summed E-state index contributed by atoms with van der Waals surface area (Å²) in [6, 6.07) is 41.5. The predicted molar refractivity (Wildman–Crippen MR) is 190 cm³/mol. The molecule has 0 saturated heterocycles. The van der Waals surface area contributed by atoms with Gasteiger partial charge in [-0.3, -0.25) is 0 Å². The van der Waals surface area contributed by atoms with Crippen molar-refractivity contribution >= 4 is 11.9 Å². The number of benzene rings is 6. The number of hydrogen-bond acceptors (Lipinski definition) is 5. The fourth-order valence-corrected chi connectivity index (χ4v) is 6.18. The lowest BCUT2D eigenvalue weighted by molar-refractivity contribution is 0.0687. The SMILES string of the molecule is Cc1cccc(-c2ccc(C(=O)O)c(-c3ccc(-c4nnc(-c5ccc(-c6ccccc6C(=O)O)cc5)o4)cc3)c2-c2cccc(C)c2)c1. The maximum atomic E-state index is 12.7. The van der Waals surface area contributed by atoms with Crippen LogP contribution in [0.4, 0.5) is 0 Å². The average molecular weight is 643 g/mol. The number of carboxylic acids is 2. The first-order valence-corrected chi connectivity index (χ1v) is 15.7. The average Bonchev–Trinajstić information content (AvgIpc) is 3.62. The fraction of sp³-hybridized carbons (Fsp3) is 0.0476. The van der Waals surface area contributed by atoms with Gasteiger partial charge in [0.05, 0.1) is 11.1 Å². The van der Waals surface area contributed by atoms with Crippen LogP contribution < -0.4 is 0 Å². The lowest BCUT2D eigenvalue weighted by Gasteiger charge is -2.19. The van der Waals surface area contributed by atoms with Crippen molar-refractivity contribution in [1.29, 1.82) is 0 Å². The first-order chi connectivity index (χ1) is 23.8. The van der Waals surface area contributed by atoms with Crippen LogP contribution in [0.3, 0.4) is 0 Å². The molecular formula is C42H30N2O5. The molecule has 0 fully saturated rings. The molecule has 238 valence electrons. The zero-order valence-corrected chi connectivity index (χ0v) is 26.7. The number of aromatic nitrogens is 2. The van der Waals surface area contributed by atoms with E-state index in [1.807, 2.05) is 105 Å². The van der Waals surface area contributed by atoms with E-state index in [9.17, 15) is 19.8 Å². The standard InChI is InChI=1S/C42H30N2O5/c1-25-7-5-9-31(23-25)34-21-22-36(42(47)48)37(38(34)32-10-6-8-26(2)24-32)28-15-19-30(20-16-28)40-44-43-39(49-40)29-17-13-27(14-18-29)33-11-3-4-12-35(33)41(45)46/h3-24H,1-2H3,(H,45,46)(H,47,48). The molecule has 0 spiro atoms. The summed E-state index contributed by atoms with van der Waals surface area (Å²) in [7, 11) is 0. The van der Waals surface area contributed by atoms with Crippen molar-refractivity contribution < 1.29 is 24.2 Å². The highest BCUT2D eigenvalue weighted by Gasteiger charge is 2.22. The number of aromatic carboxylic acids is 2. The van der Waals surface area contributed by atoms with Crippen molar-refractivity contribution in [1.82, 2.24) is 10.2 Å². The lowest BCUT2D eigenvalue weighted by Crippen LogP contribution is -2.03. The summed E-state index contributed by atoms with van der Waals surface area (Å²) in [4.78, 5) is 24.4. The highest BCUT2D eigenvalue weighted by atomic mass is 16.4. The van der Waals surface area contributed by atoms with E-state index in [0.29, 0.717) is 34.0 Å². The molecule has 0 atom stereocenters. The Morgan fingerprint density at radius 2 is 1.00 bits per heavy atom. The van der Waals surface area contributed by atoms with Gasteiger partial charge in [0.1, 0.15) is 0 Å². The van der Waals surface area contributed by atoms with E-state index in [1.54, 1.807) is 30.3 Å². The van der Waals surface area contributed by atoms with Crippen LogP contribution in [-0.2, 0) is 0 Å². The molecular weight excluding hydrogens is 612 g/mol. The fourth-order valence-electron chi connectivity index (χ4n) is 6.18. The molecule has 1 heterocycles. The third-order valence-electron chi connectivity index (χ3n) is 8.52. The van der Waals surface area contributed by atoms with Crippen molar-refractivity contribution in [3.05, 3.63) is 156 Å². The summed E-state index contributed by atoms with van der Waals surface area (Å²) < 4.78 is 6.05. The van der Waals surface area contributed by atoms with Crippen LogP contribution in [0.5, 0.6) is 0 Å². The largest absolute Gasteiger partial charge is 0.478 e. The molecule has 7 aromatic rings. The number of nitrogens with zero attached hydrogens (tertiary/aromatic N) is 2. The van der Waals surface area contributed by atoms with Gasteiger partial charge < -0.3 is 14.6 Å². The number of rotatable bonds is 8. The minimum absolute atomic E-state index is 0.204. The summed E-state index contributed by atoms with van der Waals surface area (Å²) in [5.41, 5.74) is 10.4. The third-order valence-corrected chi connectivity index (χ3v) is 8.52. The van der Waals surface area contributed by atoms with Crippen molar-refractivity contribution in [3.8, 4) is 67.4 Å². The van der Waals surface area contributed by atoms with Gasteiger partial charge in [-0.1, -0.05) is 108 Å². The van der Waals surface area contributed by atoms with Crippen molar-refractivity contribution in [3.63, 3.8) is 0 Å². The van der Waals surface area contributed by atoms with Gasteiger partial charge in [0, 0.05) is 16.7 Å². The van der Waals surface area contributed by atoms with Gasteiger partial charge in [-0.2, -0.15) is 0 Å². The molecule has 7 nitrogen and oxygen atoms in total. The molecule has 0 bridgehead atoms. The van der Waals surface area contributed by atoms with E-state index < -0.39 is 11.9 Å². The maximum Gasteiger partial charge on any atom is 0.336 e. The molecule has 0 aliphatic rings. The Bertz CT molecular complexity index is 2360. The molecule has 1 aromatic heterocycles. The highest BCUT2D eigenvalue weighted by molar-refractivity contribution is 6.05. The predicted octanol–water partition coefficient (Wildman–Crippen LogP) is 10.1. The van der Waals surface area contributed by atoms with E-state index in [-0.39, 0.29) is 11.1 Å². The van der Waals surface area contributed by atoms with E-state index in [1.165, 1.54) is 0 Å². The Morgan fingerprint density at radius 3 is 1.59 bits per heavy atom. The van der Waals surface area contributed by atoms with Gasteiger partial charge in [-0.15, -0.1) is 10.2 Å². The van der Waals surface area contributed by atoms with Crippen molar-refractivity contribution in [2.75, 3.05) is 0 Å². The molecule has 0 amide bonds. The summed E-state index contributed by atoms with van der Waals surface area (Å²) in [5.74, 6) is -1.37. The molecule has 49 heavy (non-hydrogen) atoms. The summed E-state index contributed by atoms with van der Waals surface area (Å²) in [5, 5.41) is 28.5. The first kappa shape index (κ1) is 31.0. The quantitative estimate of drug-likeness (QED) is 0.170. The number of carboxylic acid groups (broad SMARTS) is 2. The zero-order valence-electron chi connectivity index (χ0n) is 26.7. The van der Waals surface area contributed by atoms with Gasteiger partial charge in [-0.05, 0) is 89.2 Å². The minimum Gasteiger partial charge on any atom is -0.478 e. The Labute approximate surface area is 282 Å². The molecule has 0 aliphatic carbocycles. The highest BCUT2D eigenvalue weighted by Crippen LogP contribution is 2.43. The van der Waals surface area contributed by atoms with Gasteiger partial charge in [0.25, 0.3) is 0 Å². The van der Waals surface area contributed by atoms with E-state index in [2.05, 4.69) is 22.3 Å². The molecule has 7 heteroatoms. The van der Waals surface area contributed by atoms with E-state index in [0.717, 1.165) is 44.5 Å². The van der Waals surface area contributed by atoms with E-state index >= 15 is 0 Å². The van der Waals surface area contributed by atoms with Crippen LogP contribution in [0, 0.1) is 13.8 Å². The van der Waals surface area contributed by atoms with Crippen LogP contribution >= 0.6 is 0 Å². The van der Waals surface area contributed by atoms with Crippen LogP contribution in [0.25, 0.3) is 67.4 Å². The number of hydrogen-bond donors (Lipinski definition) is 2. The second-order valence-electron chi connectivity index (χ2n) is 11.9. The Kier molecular flexibility index (Phi) is 8.16. The smallest absolute Gasteiger partial charge is 0.336 e. The minimum atomic E-state index is -1.01. The van der Waals surface area contributed by atoms with Crippen LogP contribution in [0.1, 0.15) is 31.8 Å². The second-order valence-corrected chi connectivity index (χ2v) is 11.9. The van der Waals surface area contributed by atoms with Gasteiger partial charge >= 0.3 is 11.9 Å². The van der Waals surface area contributed by atoms with Gasteiger partial charge in [0.2, 0.25) is 11.8 Å². The normalized spacial score (nSPS) is 11.0. The third kappa shape index (κ3) is 6.13. The monoisotopic (exact) mass is 642 g/mol. The molecule has 2 N–H and O–H groups in total. The molecule has 0 saturated carbocycles. The van der Waals surface area contributed by atoms with Crippen LogP contribution in [-0.4, -0.2) is 32.3 Å². The van der Waals surface area contributed by atoms with E-state index in [4.69, 9.17) is 4.42 Å². The maximum absolute atomic E-state index is 12.7. The molecule has 0 radical (unpaired) electrons. The summed E-state index contributed by atoms with van der Waals surface area (Å²) >= 11 is 0. The lowest BCUT2D eigenvalue weighted by atomic mass is 9.84. The molecule has 7 rings (SSSR count).